The number of piperidine rings is 2. The number of likely N-dealkylation sites (tertiary alicyclic amines) is 1. The fourth-order valence-corrected chi connectivity index (χ4v) is 5.72. The fourth-order valence-electron chi connectivity index (χ4n) is 5.72. The van der Waals surface area contributed by atoms with Crippen LogP contribution in [0.2, 0.25) is 0 Å². The maximum atomic E-state index is 13.5. The molecule has 0 bridgehead atoms. The van der Waals surface area contributed by atoms with Gasteiger partial charge in [-0.15, -0.1) is 0 Å². The number of hydrogen-bond acceptors (Lipinski definition) is 4. The Labute approximate surface area is 186 Å². The molecule has 0 radical (unpaired) electrons. The highest BCUT2D eigenvalue weighted by Gasteiger charge is 2.39. The Kier molecular flexibility index (Phi) is 7.62. The van der Waals surface area contributed by atoms with Gasteiger partial charge in [-0.25, -0.2) is 0 Å². The van der Waals surface area contributed by atoms with Crippen LogP contribution in [0, 0.1) is 11.8 Å². The van der Waals surface area contributed by atoms with E-state index in [0.717, 1.165) is 12.1 Å². The van der Waals surface area contributed by atoms with Gasteiger partial charge in [0.05, 0.1) is 12.5 Å². The molecule has 3 aliphatic rings. The molecule has 3 atom stereocenters. The summed E-state index contributed by atoms with van der Waals surface area (Å²) in [6.45, 7) is 5.48. The summed E-state index contributed by atoms with van der Waals surface area (Å²) in [6, 6.07) is 10.6. The third kappa shape index (κ3) is 5.47. The Morgan fingerprint density at radius 3 is 2.74 bits per heavy atom. The summed E-state index contributed by atoms with van der Waals surface area (Å²) in [6.07, 6.45) is 6.60. The minimum absolute atomic E-state index is 0.0880. The molecule has 0 unspecified atom stereocenters. The van der Waals surface area contributed by atoms with Crippen molar-refractivity contribution in [1.82, 2.24) is 14.7 Å². The molecule has 31 heavy (non-hydrogen) atoms. The van der Waals surface area contributed by atoms with Crippen LogP contribution in [0.1, 0.15) is 44.1 Å². The highest BCUT2D eigenvalue weighted by Crippen LogP contribution is 2.32. The molecule has 6 heteroatoms. The number of fused-ring (bicyclic) bond motifs is 1. The molecule has 4 rings (SSSR count). The second-order valence-corrected chi connectivity index (χ2v) is 9.44. The molecule has 3 saturated heterocycles. The number of amides is 2. The lowest BCUT2D eigenvalue weighted by atomic mass is 9.83. The highest BCUT2D eigenvalue weighted by atomic mass is 16.5. The molecule has 3 aliphatic heterocycles. The van der Waals surface area contributed by atoms with E-state index in [0.29, 0.717) is 44.6 Å². The molecule has 0 aliphatic carbocycles. The minimum Gasteiger partial charge on any atom is -0.383 e. The summed E-state index contributed by atoms with van der Waals surface area (Å²) in [4.78, 5) is 32.6. The lowest BCUT2D eigenvalue weighted by Crippen LogP contribution is -2.52. The summed E-state index contributed by atoms with van der Waals surface area (Å²) in [7, 11) is 1.69. The summed E-state index contributed by atoms with van der Waals surface area (Å²) in [5.74, 6) is 0.519. The van der Waals surface area contributed by atoms with Crippen molar-refractivity contribution in [2.75, 3.05) is 46.4 Å². The van der Waals surface area contributed by atoms with E-state index in [2.05, 4.69) is 4.90 Å². The Morgan fingerprint density at radius 2 is 1.94 bits per heavy atom. The molecule has 0 aromatic heterocycles. The first-order valence-corrected chi connectivity index (χ1v) is 12.0. The van der Waals surface area contributed by atoms with Gasteiger partial charge >= 0.3 is 0 Å². The molecule has 6 nitrogen and oxygen atoms in total. The average molecular weight is 428 g/mol. The van der Waals surface area contributed by atoms with E-state index < -0.39 is 0 Å². The molecular formula is C25H37N3O3. The number of methoxy groups -OCH3 is 1. The predicted octanol–water partition coefficient (Wildman–Crippen LogP) is 2.77. The smallest absolute Gasteiger partial charge is 0.228 e. The van der Waals surface area contributed by atoms with Crippen molar-refractivity contribution in [3.63, 3.8) is 0 Å². The average Bonchev–Trinajstić information content (AvgIpc) is 3.17. The normalized spacial score (nSPS) is 26.7. The molecule has 1 aromatic rings. The summed E-state index contributed by atoms with van der Waals surface area (Å²) < 4.78 is 5.32. The Bertz CT molecular complexity index is 739. The number of carbonyl (C=O) groups excluding carboxylic acids is 2. The van der Waals surface area contributed by atoms with Gasteiger partial charge in [0.25, 0.3) is 0 Å². The van der Waals surface area contributed by atoms with Crippen LogP contribution in [-0.2, 0) is 20.9 Å². The van der Waals surface area contributed by atoms with Gasteiger partial charge in [0.1, 0.15) is 0 Å². The predicted molar refractivity (Wildman–Crippen MR) is 120 cm³/mol. The largest absolute Gasteiger partial charge is 0.383 e. The van der Waals surface area contributed by atoms with Crippen LogP contribution in [-0.4, -0.2) is 79.0 Å². The number of nitrogens with zero attached hydrogens (tertiary/aromatic N) is 3. The number of ether oxygens (including phenoxy) is 1. The van der Waals surface area contributed by atoms with Crippen molar-refractivity contribution >= 4 is 11.8 Å². The van der Waals surface area contributed by atoms with E-state index >= 15 is 0 Å². The van der Waals surface area contributed by atoms with Gasteiger partial charge < -0.3 is 19.4 Å². The van der Waals surface area contributed by atoms with Crippen LogP contribution in [0.25, 0.3) is 0 Å². The van der Waals surface area contributed by atoms with E-state index in [1.165, 1.54) is 45.2 Å². The van der Waals surface area contributed by atoms with Gasteiger partial charge in [0.15, 0.2) is 0 Å². The topological polar surface area (TPSA) is 53.1 Å². The molecule has 170 valence electrons. The lowest BCUT2D eigenvalue weighted by molar-refractivity contribution is -0.137. The zero-order chi connectivity index (χ0) is 21.6. The van der Waals surface area contributed by atoms with Crippen LogP contribution in [0.15, 0.2) is 30.3 Å². The second kappa shape index (κ2) is 10.6. The first-order valence-electron chi connectivity index (χ1n) is 12.0. The van der Waals surface area contributed by atoms with Gasteiger partial charge in [-0.3, -0.25) is 9.59 Å². The number of hydrogen-bond donors (Lipinski definition) is 0. The molecule has 1 aromatic carbocycles. The quantitative estimate of drug-likeness (QED) is 0.640. The third-order valence-corrected chi connectivity index (χ3v) is 7.34. The first-order chi connectivity index (χ1) is 15.2. The van der Waals surface area contributed by atoms with Crippen LogP contribution in [0.3, 0.4) is 0 Å². The summed E-state index contributed by atoms with van der Waals surface area (Å²) in [5, 5.41) is 0. The van der Waals surface area contributed by atoms with Crippen molar-refractivity contribution in [2.45, 2.75) is 51.1 Å². The van der Waals surface area contributed by atoms with Crippen molar-refractivity contribution in [1.29, 1.82) is 0 Å². The van der Waals surface area contributed by atoms with E-state index in [4.69, 9.17) is 4.74 Å². The standard InChI is InChI=1S/C25H37N3O3/c1-31-15-14-27(18-21-10-7-13-26-12-6-5-11-23(21)26)25(30)22-16-24(29)28(19-22)17-20-8-3-2-4-9-20/h2-4,8-9,21-23H,5-7,10-19H2,1H3/t21-,22+,23+/m0/s1. The van der Waals surface area contributed by atoms with Gasteiger partial charge in [-0.2, -0.15) is 0 Å². The van der Waals surface area contributed by atoms with Crippen molar-refractivity contribution < 1.29 is 14.3 Å². The monoisotopic (exact) mass is 427 g/mol. The van der Waals surface area contributed by atoms with E-state index in [1.54, 1.807) is 7.11 Å². The number of carbonyl (C=O) groups is 2. The maximum absolute atomic E-state index is 13.5. The van der Waals surface area contributed by atoms with Gasteiger partial charge in [-0.1, -0.05) is 36.8 Å². The first kappa shape index (κ1) is 22.3. The third-order valence-electron chi connectivity index (χ3n) is 7.34. The fraction of sp³-hybridized carbons (Fsp3) is 0.680. The summed E-state index contributed by atoms with van der Waals surface area (Å²) >= 11 is 0. The Balaban J connectivity index is 1.40. The number of rotatable bonds is 8. The van der Waals surface area contributed by atoms with E-state index in [9.17, 15) is 9.59 Å². The van der Waals surface area contributed by atoms with E-state index in [-0.39, 0.29) is 17.7 Å². The van der Waals surface area contributed by atoms with Crippen molar-refractivity contribution in [2.24, 2.45) is 11.8 Å². The van der Waals surface area contributed by atoms with E-state index in [1.807, 2.05) is 40.1 Å². The van der Waals surface area contributed by atoms with Crippen molar-refractivity contribution in [3.05, 3.63) is 35.9 Å². The molecule has 3 heterocycles. The maximum Gasteiger partial charge on any atom is 0.228 e. The zero-order valence-corrected chi connectivity index (χ0v) is 18.9. The summed E-state index contributed by atoms with van der Waals surface area (Å²) in [5.41, 5.74) is 1.11. The second-order valence-electron chi connectivity index (χ2n) is 9.44. The Hall–Kier alpha value is -1.92. The number of benzene rings is 1. The molecule has 0 spiro atoms. The van der Waals surface area contributed by atoms with Crippen LogP contribution in [0.4, 0.5) is 0 Å². The minimum atomic E-state index is -0.237. The SMILES string of the molecule is COCCN(C[C@@H]1CCCN2CCCC[C@H]12)C(=O)[C@@H]1CC(=O)N(Cc2ccccc2)C1. The van der Waals surface area contributed by atoms with Crippen LogP contribution < -0.4 is 0 Å². The zero-order valence-electron chi connectivity index (χ0n) is 18.9. The van der Waals surface area contributed by atoms with Gasteiger partial charge in [0.2, 0.25) is 11.8 Å². The van der Waals surface area contributed by atoms with Crippen LogP contribution >= 0.6 is 0 Å². The van der Waals surface area contributed by atoms with Gasteiger partial charge in [0, 0.05) is 45.8 Å². The molecule has 3 fully saturated rings. The van der Waals surface area contributed by atoms with Crippen LogP contribution in [0.5, 0.6) is 0 Å². The molecule has 0 saturated carbocycles. The molecule has 0 N–H and O–H groups in total. The highest BCUT2D eigenvalue weighted by molar-refractivity contribution is 5.89. The van der Waals surface area contributed by atoms with Crippen molar-refractivity contribution in [3.8, 4) is 0 Å². The molecule has 2 amide bonds. The Morgan fingerprint density at radius 1 is 1.13 bits per heavy atom. The lowest BCUT2D eigenvalue weighted by Gasteiger charge is -2.46. The van der Waals surface area contributed by atoms with Gasteiger partial charge in [-0.05, 0) is 50.3 Å². The molecular weight excluding hydrogens is 390 g/mol.